The predicted molar refractivity (Wildman–Crippen MR) is 84.3 cm³/mol. The summed E-state index contributed by atoms with van der Waals surface area (Å²) >= 11 is 0. The first-order chi connectivity index (χ1) is 9.69. The molecule has 0 saturated carbocycles. The first-order valence-corrected chi connectivity index (χ1v) is 8.09. The molecular weight excluding hydrogens is 246 g/mol. The molecule has 1 saturated heterocycles. The maximum absolute atomic E-state index is 4.88. The summed E-state index contributed by atoms with van der Waals surface area (Å²) in [5, 5.41) is 0. The lowest BCUT2D eigenvalue weighted by Gasteiger charge is -2.44. The minimum absolute atomic E-state index is 0.767. The zero-order chi connectivity index (χ0) is 14.1. The molecule has 3 heteroatoms. The molecule has 0 amide bonds. The number of aromatic nitrogens is 1. The highest BCUT2D eigenvalue weighted by molar-refractivity contribution is 5.41. The van der Waals surface area contributed by atoms with Crippen LogP contribution < -0.4 is 4.90 Å². The largest absolute Gasteiger partial charge is 0.363 e. The molecule has 2 unspecified atom stereocenters. The van der Waals surface area contributed by atoms with Crippen LogP contribution in [0.2, 0.25) is 0 Å². The van der Waals surface area contributed by atoms with Gasteiger partial charge in [0.1, 0.15) is 5.82 Å². The van der Waals surface area contributed by atoms with Crippen LogP contribution >= 0.6 is 0 Å². The Morgan fingerprint density at radius 2 is 2.15 bits per heavy atom. The Bertz CT molecular complexity index is 467. The van der Waals surface area contributed by atoms with E-state index in [1.807, 2.05) is 0 Å². The molecule has 2 aliphatic rings. The van der Waals surface area contributed by atoms with Gasteiger partial charge in [0.2, 0.25) is 0 Å². The minimum Gasteiger partial charge on any atom is -0.363 e. The summed E-state index contributed by atoms with van der Waals surface area (Å²) in [6, 6.07) is 5.25. The SMILES string of the molecule is CCCN1CCCC2Cc3nc(N(C)C)ccc3CC21. The lowest BCUT2D eigenvalue weighted by atomic mass is 9.77. The Balaban J connectivity index is 1.84. The van der Waals surface area contributed by atoms with Crippen LogP contribution in [0.15, 0.2) is 12.1 Å². The van der Waals surface area contributed by atoms with E-state index in [-0.39, 0.29) is 0 Å². The molecule has 0 bridgehead atoms. The highest BCUT2D eigenvalue weighted by atomic mass is 15.2. The maximum Gasteiger partial charge on any atom is 0.128 e. The number of hydrogen-bond acceptors (Lipinski definition) is 3. The minimum atomic E-state index is 0.767. The maximum atomic E-state index is 4.88. The zero-order valence-electron chi connectivity index (χ0n) is 13.1. The molecule has 1 aromatic rings. The first-order valence-electron chi connectivity index (χ1n) is 8.09. The fourth-order valence-corrected chi connectivity index (χ4v) is 3.92. The van der Waals surface area contributed by atoms with Crippen LogP contribution in [0, 0.1) is 5.92 Å². The first kappa shape index (κ1) is 13.9. The third-order valence-corrected chi connectivity index (χ3v) is 4.94. The quantitative estimate of drug-likeness (QED) is 0.844. The molecule has 0 N–H and O–H groups in total. The Morgan fingerprint density at radius 1 is 1.30 bits per heavy atom. The normalized spacial score (nSPS) is 25.9. The van der Waals surface area contributed by atoms with Crippen molar-refractivity contribution < 1.29 is 0 Å². The van der Waals surface area contributed by atoms with Gasteiger partial charge in [0, 0.05) is 25.8 Å². The second kappa shape index (κ2) is 5.72. The van der Waals surface area contributed by atoms with Crippen LogP contribution in [0.4, 0.5) is 5.82 Å². The van der Waals surface area contributed by atoms with Crippen LogP contribution in [-0.4, -0.2) is 43.1 Å². The van der Waals surface area contributed by atoms with Crippen LogP contribution in [0.5, 0.6) is 0 Å². The van der Waals surface area contributed by atoms with Crippen LogP contribution in [0.1, 0.15) is 37.4 Å². The van der Waals surface area contributed by atoms with E-state index in [1.54, 1.807) is 0 Å². The number of hydrogen-bond donors (Lipinski definition) is 0. The van der Waals surface area contributed by atoms with E-state index in [0.29, 0.717) is 0 Å². The second-order valence-corrected chi connectivity index (χ2v) is 6.58. The van der Waals surface area contributed by atoms with Gasteiger partial charge in [-0.25, -0.2) is 4.98 Å². The van der Waals surface area contributed by atoms with Gasteiger partial charge in [0.05, 0.1) is 0 Å². The van der Waals surface area contributed by atoms with Gasteiger partial charge in [-0.2, -0.15) is 0 Å². The Hall–Kier alpha value is -1.09. The molecule has 1 aromatic heterocycles. The smallest absolute Gasteiger partial charge is 0.128 e. The summed E-state index contributed by atoms with van der Waals surface area (Å²) in [7, 11) is 4.15. The molecule has 0 radical (unpaired) electrons. The third-order valence-electron chi connectivity index (χ3n) is 4.94. The van der Waals surface area contributed by atoms with Crippen LogP contribution in [-0.2, 0) is 12.8 Å². The topological polar surface area (TPSA) is 19.4 Å². The zero-order valence-corrected chi connectivity index (χ0v) is 13.1. The van der Waals surface area contributed by atoms with Gasteiger partial charge >= 0.3 is 0 Å². The molecule has 1 aliphatic carbocycles. The highest BCUT2D eigenvalue weighted by Gasteiger charge is 2.35. The Morgan fingerprint density at radius 3 is 2.90 bits per heavy atom. The summed E-state index contributed by atoms with van der Waals surface area (Å²) in [6.07, 6.45) is 6.42. The van der Waals surface area contributed by atoms with E-state index >= 15 is 0 Å². The third kappa shape index (κ3) is 2.56. The van der Waals surface area contributed by atoms with E-state index in [4.69, 9.17) is 4.98 Å². The van der Waals surface area contributed by atoms with Crippen molar-refractivity contribution >= 4 is 5.82 Å². The van der Waals surface area contributed by atoms with Crippen LogP contribution in [0.3, 0.4) is 0 Å². The average molecular weight is 273 g/mol. The molecule has 3 rings (SSSR count). The molecule has 0 aromatic carbocycles. The molecule has 20 heavy (non-hydrogen) atoms. The number of rotatable bonds is 3. The monoisotopic (exact) mass is 273 g/mol. The summed E-state index contributed by atoms with van der Waals surface area (Å²) in [6.45, 7) is 4.86. The summed E-state index contributed by atoms with van der Waals surface area (Å²) in [5.74, 6) is 1.93. The molecule has 1 fully saturated rings. The Kier molecular flexibility index (Phi) is 3.97. The molecule has 3 nitrogen and oxygen atoms in total. The summed E-state index contributed by atoms with van der Waals surface area (Å²) in [5.41, 5.74) is 2.84. The molecule has 2 heterocycles. The van der Waals surface area contributed by atoms with E-state index in [9.17, 15) is 0 Å². The number of anilines is 1. The number of nitrogens with zero attached hydrogens (tertiary/aromatic N) is 3. The van der Waals surface area contributed by atoms with E-state index in [0.717, 1.165) is 17.8 Å². The number of likely N-dealkylation sites (tertiary alicyclic amines) is 1. The van der Waals surface area contributed by atoms with Gasteiger partial charge in [-0.05, 0) is 62.7 Å². The second-order valence-electron chi connectivity index (χ2n) is 6.58. The van der Waals surface area contributed by atoms with Crippen molar-refractivity contribution in [1.82, 2.24) is 9.88 Å². The van der Waals surface area contributed by atoms with Crippen molar-refractivity contribution in [1.29, 1.82) is 0 Å². The summed E-state index contributed by atoms with van der Waals surface area (Å²) < 4.78 is 0. The van der Waals surface area contributed by atoms with Crippen molar-refractivity contribution in [2.75, 3.05) is 32.1 Å². The predicted octanol–water partition coefficient (Wildman–Crippen LogP) is 2.74. The average Bonchev–Trinajstić information content (AvgIpc) is 2.45. The Labute approximate surface area is 123 Å². The number of pyridine rings is 1. The van der Waals surface area contributed by atoms with Gasteiger partial charge in [0.25, 0.3) is 0 Å². The summed E-state index contributed by atoms with van der Waals surface area (Å²) in [4.78, 5) is 9.72. The fraction of sp³-hybridized carbons (Fsp3) is 0.706. The molecule has 110 valence electrons. The lowest BCUT2D eigenvalue weighted by molar-refractivity contribution is 0.0846. The lowest BCUT2D eigenvalue weighted by Crippen LogP contribution is -2.49. The highest BCUT2D eigenvalue weighted by Crippen LogP contribution is 2.35. The van der Waals surface area contributed by atoms with E-state index in [1.165, 1.54) is 56.5 Å². The van der Waals surface area contributed by atoms with Gasteiger partial charge in [-0.3, -0.25) is 4.90 Å². The van der Waals surface area contributed by atoms with Gasteiger partial charge in [-0.1, -0.05) is 13.0 Å². The van der Waals surface area contributed by atoms with E-state index in [2.05, 4.69) is 43.0 Å². The van der Waals surface area contributed by atoms with Gasteiger partial charge in [-0.15, -0.1) is 0 Å². The van der Waals surface area contributed by atoms with Crippen molar-refractivity contribution in [3.05, 3.63) is 23.4 Å². The molecule has 1 aliphatic heterocycles. The van der Waals surface area contributed by atoms with Gasteiger partial charge < -0.3 is 4.90 Å². The number of fused-ring (bicyclic) bond motifs is 2. The van der Waals surface area contributed by atoms with Crippen LogP contribution in [0.25, 0.3) is 0 Å². The van der Waals surface area contributed by atoms with E-state index < -0.39 is 0 Å². The number of piperidine rings is 1. The standard InChI is InChI=1S/C17H27N3/c1-4-9-20-10-5-6-14-11-15-13(12-16(14)20)7-8-17(18-15)19(2)3/h7-8,14,16H,4-6,9-12H2,1-3H3. The van der Waals surface area contributed by atoms with Crippen molar-refractivity contribution in [2.24, 2.45) is 5.92 Å². The molecule has 2 atom stereocenters. The van der Waals surface area contributed by atoms with Crippen molar-refractivity contribution in [3.8, 4) is 0 Å². The van der Waals surface area contributed by atoms with Crippen molar-refractivity contribution in [2.45, 2.75) is 45.1 Å². The fourth-order valence-electron chi connectivity index (χ4n) is 3.92. The molecule has 0 spiro atoms. The van der Waals surface area contributed by atoms with Gasteiger partial charge in [0.15, 0.2) is 0 Å². The van der Waals surface area contributed by atoms with Crippen molar-refractivity contribution in [3.63, 3.8) is 0 Å². The molecular formula is C17H27N3.